The minimum atomic E-state index is -2.96. The average molecular weight is 426 g/mol. The molecule has 0 spiro atoms. The number of alkyl halides is 2. The summed E-state index contributed by atoms with van der Waals surface area (Å²) in [6, 6.07) is 4.30. The lowest BCUT2D eigenvalue weighted by Gasteiger charge is -2.30. The predicted molar refractivity (Wildman–Crippen MR) is 102 cm³/mol. The fourth-order valence-electron chi connectivity index (χ4n) is 3.12. The Morgan fingerprint density at radius 1 is 1.23 bits per heavy atom. The van der Waals surface area contributed by atoms with E-state index >= 15 is 0 Å². The Morgan fingerprint density at radius 2 is 1.97 bits per heavy atom. The van der Waals surface area contributed by atoms with Gasteiger partial charge in [-0.15, -0.1) is 0 Å². The normalized spacial score (nSPS) is 18.7. The van der Waals surface area contributed by atoms with Gasteiger partial charge in [-0.2, -0.15) is 0 Å². The number of ether oxygens (including phenoxy) is 2. The number of benzene rings is 1. The number of halogens is 4. The maximum atomic E-state index is 14.5. The van der Waals surface area contributed by atoms with Crippen molar-refractivity contribution in [2.24, 2.45) is 0 Å². The Kier molecular flexibility index (Phi) is 6.03. The number of carbonyl (C=O) groups is 1. The number of nitrogens with one attached hydrogen (secondary N) is 1. The van der Waals surface area contributed by atoms with E-state index in [9.17, 15) is 22.4 Å². The molecule has 1 saturated heterocycles. The van der Waals surface area contributed by atoms with Crippen LogP contribution in [0, 0.1) is 11.6 Å². The standard InChI is InChI=1S/C21H22F4N2O3/c1-20(2,3)30-19(28)27-17-13(14-10-12(22)4-5-15(14)23)7-9-26-18(17)16-6-8-21(24,25)11-29-16/h4-5,7,9-10,16H,6,8,11H2,1-3H3,(H,27,28). The molecule has 1 aliphatic heterocycles. The molecule has 9 heteroatoms. The van der Waals surface area contributed by atoms with Crippen LogP contribution in [-0.2, 0) is 9.47 Å². The lowest BCUT2D eigenvalue weighted by molar-refractivity contribution is -0.146. The van der Waals surface area contributed by atoms with Crippen molar-refractivity contribution in [2.45, 2.75) is 51.2 Å². The van der Waals surface area contributed by atoms with E-state index in [2.05, 4.69) is 10.3 Å². The van der Waals surface area contributed by atoms with Crippen molar-refractivity contribution in [2.75, 3.05) is 11.9 Å². The van der Waals surface area contributed by atoms with E-state index in [1.807, 2.05) is 0 Å². The molecule has 0 radical (unpaired) electrons. The molecule has 0 saturated carbocycles. The van der Waals surface area contributed by atoms with Crippen LogP contribution in [0.4, 0.5) is 28.0 Å². The Bertz CT molecular complexity index is 934. The van der Waals surface area contributed by atoms with Crippen LogP contribution in [-0.4, -0.2) is 29.2 Å². The number of pyridine rings is 1. The molecule has 1 aromatic heterocycles. The largest absolute Gasteiger partial charge is 0.444 e. The van der Waals surface area contributed by atoms with Crippen molar-refractivity contribution < 1.29 is 31.8 Å². The lowest BCUT2D eigenvalue weighted by atomic mass is 9.97. The van der Waals surface area contributed by atoms with E-state index in [-0.39, 0.29) is 28.9 Å². The molecule has 162 valence electrons. The zero-order valence-electron chi connectivity index (χ0n) is 16.8. The number of carbonyl (C=O) groups excluding carboxylic acids is 1. The fourth-order valence-corrected chi connectivity index (χ4v) is 3.12. The Balaban J connectivity index is 2.06. The quantitative estimate of drug-likeness (QED) is 0.625. The maximum absolute atomic E-state index is 14.5. The molecular weight excluding hydrogens is 404 g/mol. The van der Waals surface area contributed by atoms with Crippen molar-refractivity contribution in [3.05, 3.63) is 47.8 Å². The molecule has 1 amide bonds. The highest BCUT2D eigenvalue weighted by atomic mass is 19.3. The van der Waals surface area contributed by atoms with Crippen molar-refractivity contribution >= 4 is 11.8 Å². The molecule has 0 bridgehead atoms. The molecule has 1 unspecified atom stereocenters. The van der Waals surface area contributed by atoms with Gasteiger partial charge in [0.25, 0.3) is 5.92 Å². The number of rotatable bonds is 3. The van der Waals surface area contributed by atoms with E-state index in [0.29, 0.717) is 0 Å². The zero-order valence-corrected chi connectivity index (χ0v) is 16.8. The van der Waals surface area contributed by atoms with Gasteiger partial charge in [0.05, 0.1) is 11.4 Å². The molecule has 1 fully saturated rings. The van der Waals surface area contributed by atoms with Gasteiger partial charge in [-0.25, -0.2) is 22.4 Å². The molecule has 1 N–H and O–H groups in total. The fraction of sp³-hybridized carbons (Fsp3) is 0.429. The monoisotopic (exact) mass is 426 g/mol. The van der Waals surface area contributed by atoms with Gasteiger partial charge >= 0.3 is 6.09 Å². The Morgan fingerprint density at radius 3 is 2.60 bits per heavy atom. The van der Waals surface area contributed by atoms with Gasteiger partial charge in [0, 0.05) is 23.7 Å². The van der Waals surface area contributed by atoms with Crippen molar-refractivity contribution in [1.82, 2.24) is 4.98 Å². The van der Waals surface area contributed by atoms with Gasteiger partial charge in [-0.1, -0.05) is 0 Å². The third kappa shape index (κ3) is 5.27. The summed E-state index contributed by atoms with van der Waals surface area (Å²) in [4.78, 5) is 16.6. The highest BCUT2D eigenvalue weighted by Gasteiger charge is 2.38. The second-order valence-corrected chi connectivity index (χ2v) is 8.06. The molecule has 1 aromatic carbocycles. The average Bonchev–Trinajstić information content (AvgIpc) is 2.63. The third-order valence-electron chi connectivity index (χ3n) is 4.40. The molecular formula is C21H22F4N2O3. The van der Waals surface area contributed by atoms with Gasteiger partial charge in [0.1, 0.15) is 29.9 Å². The molecule has 1 aliphatic rings. The topological polar surface area (TPSA) is 60.5 Å². The summed E-state index contributed by atoms with van der Waals surface area (Å²) < 4.78 is 65.8. The predicted octanol–water partition coefficient (Wildman–Crippen LogP) is 5.86. The highest BCUT2D eigenvalue weighted by molar-refractivity contribution is 5.93. The van der Waals surface area contributed by atoms with Gasteiger partial charge in [-0.3, -0.25) is 10.3 Å². The van der Waals surface area contributed by atoms with E-state index in [0.717, 1.165) is 18.2 Å². The molecule has 3 rings (SSSR count). The number of aromatic nitrogens is 1. The van der Waals surface area contributed by atoms with Crippen LogP contribution >= 0.6 is 0 Å². The van der Waals surface area contributed by atoms with Gasteiger partial charge in [-0.05, 0) is 51.5 Å². The number of hydrogen-bond donors (Lipinski definition) is 1. The van der Waals surface area contributed by atoms with Crippen LogP contribution in [0.1, 0.15) is 45.4 Å². The minimum Gasteiger partial charge on any atom is -0.444 e. The van der Waals surface area contributed by atoms with Crippen LogP contribution in [0.15, 0.2) is 30.5 Å². The van der Waals surface area contributed by atoms with E-state index in [1.165, 1.54) is 12.3 Å². The number of anilines is 1. The van der Waals surface area contributed by atoms with E-state index in [4.69, 9.17) is 9.47 Å². The summed E-state index contributed by atoms with van der Waals surface area (Å²) >= 11 is 0. The molecule has 2 heterocycles. The molecule has 0 aliphatic carbocycles. The second kappa shape index (κ2) is 8.22. The van der Waals surface area contributed by atoms with Crippen molar-refractivity contribution in [1.29, 1.82) is 0 Å². The van der Waals surface area contributed by atoms with Crippen molar-refractivity contribution in [3.63, 3.8) is 0 Å². The summed E-state index contributed by atoms with van der Waals surface area (Å²) in [5.41, 5.74) is -0.654. The van der Waals surface area contributed by atoms with Crippen LogP contribution in [0.5, 0.6) is 0 Å². The Hall–Kier alpha value is -2.68. The minimum absolute atomic E-state index is 0.0199. The van der Waals surface area contributed by atoms with Crippen LogP contribution in [0.2, 0.25) is 0 Å². The van der Waals surface area contributed by atoms with E-state index < -0.39 is 48.4 Å². The maximum Gasteiger partial charge on any atom is 0.412 e. The molecule has 2 aromatic rings. The third-order valence-corrected chi connectivity index (χ3v) is 4.40. The molecule has 1 atom stereocenters. The summed E-state index contributed by atoms with van der Waals surface area (Å²) in [7, 11) is 0. The van der Waals surface area contributed by atoms with Crippen LogP contribution < -0.4 is 5.32 Å². The zero-order chi connectivity index (χ0) is 22.1. The SMILES string of the molecule is CC(C)(C)OC(=O)Nc1c(-c2cc(F)ccc2F)ccnc1C1CCC(F)(F)CO1. The lowest BCUT2D eigenvalue weighted by Crippen LogP contribution is -2.32. The summed E-state index contributed by atoms with van der Waals surface area (Å²) in [6.45, 7) is 4.19. The second-order valence-electron chi connectivity index (χ2n) is 8.06. The van der Waals surface area contributed by atoms with Gasteiger partial charge in [0.2, 0.25) is 0 Å². The molecule has 5 nitrogen and oxygen atoms in total. The first kappa shape index (κ1) is 22.0. The van der Waals surface area contributed by atoms with Crippen LogP contribution in [0.3, 0.4) is 0 Å². The summed E-state index contributed by atoms with van der Waals surface area (Å²) in [5, 5.41) is 2.52. The van der Waals surface area contributed by atoms with Crippen molar-refractivity contribution in [3.8, 4) is 11.1 Å². The highest BCUT2D eigenvalue weighted by Crippen LogP contribution is 2.41. The number of amides is 1. The summed E-state index contributed by atoms with van der Waals surface area (Å²) in [6.07, 6.45) is -0.866. The first-order chi connectivity index (χ1) is 14.0. The number of hydrogen-bond acceptors (Lipinski definition) is 4. The van der Waals surface area contributed by atoms with Crippen LogP contribution in [0.25, 0.3) is 11.1 Å². The number of nitrogens with zero attached hydrogens (tertiary/aromatic N) is 1. The van der Waals surface area contributed by atoms with E-state index in [1.54, 1.807) is 20.8 Å². The van der Waals surface area contributed by atoms with Gasteiger partial charge < -0.3 is 9.47 Å². The molecule has 30 heavy (non-hydrogen) atoms. The first-order valence-electron chi connectivity index (χ1n) is 9.39. The smallest absolute Gasteiger partial charge is 0.412 e. The summed E-state index contributed by atoms with van der Waals surface area (Å²) in [5.74, 6) is -4.36. The first-order valence-corrected chi connectivity index (χ1v) is 9.39. The van der Waals surface area contributed by atoms with Gasteiger partial charge in [0.15, 0.2) is 0 Å². The Labute approximate surface area is 171 Å².